The van der Waals surface area contributed by atoms with Crippen LogP contribution in [0, 0.1) is 19.7 Å². The molecule has 0 aliphatic heterocycles. The Morgan fingerprint density at radius 3 is 2.62 bits per heavy atom. The number of para-hydroxylation sites is 1. The number of nitrogens with one attached hydrogen (secondary N) is 1. The number of aromatic nitrogens is 2. The molecular weight excluding hydrogens is 453 g/mol. The van der Waals surface area contributed by atoms with Gasteiger partial charge in [-0.1, -0.05) is 36.0 Å². The number of benzene rings is 3. The fourth-order valence-corrected chi connectivity index (χ4v) is 4.55. The molecule has 1 amide bonds. The van der Waals surface area contributed by atoms with Gasteiger partial charge in [0.25, 0.3) is 0 Å². The smallest absolute Gasteiger partial charge is 0.302 e. The van der Waals surface area contributed by atoms with E-state index in [0.717, 1.165) is 28.6 Å². The molecule has 34 heavy (non-hydrogen) atoms. The molecule has 0 aliphatic rings. The maximum atomic E-state index is 13.5. The van der Waals surface area contributed by atoms with E-state index in [1.807, 2.05) is 50.2 Å². The molecule has 1 N–H and O–H groups in total. The molecule has 0 aliphatic carbocycles. The molecule has 5 aromatic rings. The molecular formula is C26H20FN3O3S. The summed E-state index contributed by atoms with van der Waals surface area (Å²) in [5.41, 5.74) is 3.89. The van der Waals surface area contributed by atoms with E-state index in [1.54, 1.807) is 6.07 Å². The monoisotopic (exact) mass is 473 g/mol. The summed E-state index contributed by atoms with van der Waals surface area (Å²) < 4.78 is 20.7. The zero-order valence-corrected chi connectivity index (χ0v) is 19.3. The number of nitrogens with zero attached hydrogens (tertiary/aromatic N) is 2. The van der Waals surface area contributed by atoms with Gasteiger partial charge in [0.2, 0.25) is 11.5 Å². The molecule has 0 spiro atoms. The Bertz CT molecular complexity index is 1610. The highest BCUT2D eigenvalue weighted by Gasteiger charge is 2.20. The first-order chi connectivity index (χ1) is 16.4. The van der Waals surface area contributed by atoms with Gasteiger partial charge in [-0.2, -0.15) is 0 Å². The first kappa shape index (κ1) is 21.9. The standard InChI is InChI=1S/C26H20FN3O3S/c1-15-6-5-8-20(16(15)2)28-22(31)14-34-26-29-23-19-7-3-4-9-21(19)33-24(23)25(32)30(26)18-12-10-17(27)11-13-18/h3-13H,14H2,1-2H3,(H,28,31). The van der Waals surface area contributed by atoms with E-state index in [0.29, 0.717) is 27.3 Å². The minimum atomic E-state index is -0.426. The summed E-state index contributed by atoms with van der Waals surface area (Å²) in [6.07, 6.45) is 0. The van der Waals surface area contributed by atoms with Crippen molar-refractivity contribution in [2.45, 2.75) is 19.0 Å². The number of fused-ring (bicyclic) bond motifs is 3. The summed E-state index contributed by atoms with van der Waals surface area (Å²) in [6, 6.07) is 18.5. The summed E-state index contributed by atoms with van der Waals surface area (Å²) in [4.78, 5) is 30.9. The van der Waals surface area contributed by atoms with Crippen LogP contribution in [0.3, 0.4) is 0 Å². The molecule has 170 valence electrons. The Hall–Kier alpha value is -3.91. The maximum Gasteiger partial charge on any atom is 0.302 e. The zero-order chi connectivity index (χ0) is 23.8. The van der Waals surface area contributed by atoms with E-state index in [2.05, 4.69) is 5.32 Å². The van der Waals surface area contributed by atoms with Crippen molar-refractivity contribution >= 4 is 45.4 Å². The van der Waals surface area contributed by atoms with Crippen LogP contribution < -0.4 is 10.9 Å². The minimum Gasteiger partial charge on any atom is -0.448 e. The van der Waals surface area contributed by atoms with Gasteiger partial charge in [-0.25, -0.2) is 9.37 Å². The third kappa shape index (κ3) is 3.97. The van der Waals surface area contributed by atoms with E-state index in [-0.39, 0.29) is 17.2 Å². The van der Waals surface area contributed by atoms with Crippen LogP contribution in [0.2, 0.25) is 0 Å². The molecule has 6 nitrogen and oxygen atoms in total. The largest absolute Gasteiger partial charge is 0.448 e. The zero-order valence-electron chi connectivity index (χ0n) is 18.5. The molecule has 0 saturated heterocycles. The fraction of sp³-hybridized carbons (Fsp3) is 0.115. The molecule has 0 unspecified atom stereocenters. The van der Waals surface area contributed by atoms with Crippen molar-refractivity contribution in [3.05, 3.63) is 94.0 Å². The lowest BCUT2D eigenvalue weighted by Crippen LogP contribution is -2.22. The van der Waals surface area contributed by atoms with Gasteiger partial charge < -0.3 is 9.73 Å². The summed E-state index contributed by atoms with van der Waals surface area (Å²) >= 11 is 1.13. The number of furan rings is 1. The second-order valence-corrected chi connectivity index (χ2v) is 8.81. The van der Waals surface area contributed by atoms with Gasteiger partial charge in [0.15, 0.2) is 5.16 Å². The topological polar surface area (TPSA) is 77.1 Å². The quantitative estimate of drug-likeness (QED) is 0.265. The Balaban J connectivity index is 1.55. The van der Waals surface area contributed by atoms with Crippen molar-refractivity contribution < 1.29 is 13.6 Å². The number of halogens is 1. The number of hydrogen-bond acceptors (Lipinski definition) is 5. The molecule has 2 aromatic heterocycles. The number of anilines is 1. The highest BCUT2D eigenvalue weighted by atomic mass is 32.2. The average Bonchev–Trinajstić information content (AvgIpc) is 3.21. The molecule has 0 fully saturated rings. The highest BCUT2D eigenvalue weighted by molar-refractivity contribution is 7.99. The summed E-state index contributed by atoms with van der Waals surface area (Å²) in [5, 5.41) is 3.94. The maximum absolute atomic E-state index is 13.5. The number of hydrogen-bond donors (Lipinski definition) is 1. The van der Waals surface area contributed by atoms with Crippen LogP contribution in [0.15, 0.2) is 81.1 Å². The number of amides is 1. The lowest BCUT2D eigenvalue weighted by atomic mass is 10.1. The second-order valence-electron chi connectivity index (χ2n) is 7.87. The van der Waals surface area contributed by atoms with Gasteiger partial charge in [0.05, 0.1) is 11.4 Å². The van der Waals surface area contributed by atoms with Crippen molar-refractivity contribution in [1.82, 2.24) is 9.55 Å². The van der Waals surface area contributed by atoms with Crippen LogP contribution in [-0.4, -0.2) is 21.2 Å². The summed E-state index contributed by atoms with van der Waals surface area (Å²) in [6.45, 7) is 3.93. The van der Waals surface area contributed by atoms with Crippen LogP contribution in [0.5, 0.6) is 0 Å². The van der Waals surface area contributed by atoms with Crippen LogP contribution in [0.1, 0.15) is 11.1 Å². The molecule has 5 rings (SSSR count). The van der Waals surface area contributed by atoms with E-state index in [1.165, 1.54) is 28.8 Å². The lowest BCUT2D eigenvalue weighted by Gasteiger charge is -2.13. The first-order valence-corrected chi connectivity index (χ1v) is 11.6. The lowest BCUT2D eigenvalue weighted by molar-refractivity contribution is -0.113. The number of aryl methyl sites for hydroxylation is 1. The van der Waals surface area contributed by atoms with Crippen molar-refractivity contribution in [2.24, 2.45) is 0 Å². The highest BCUT2D eigenvalue weighted by Crippen LogP contribution is 2.29. The Morgan fingerprint density at radius 2 is 1.82 bits per heavy atom. The van der Waals surface area contributed by atoms with Crippen LogP contribution >= 0.6 is 11.8 Å². The van der Waals surface area contributed by atoms with Gasteiger partial charge in [-0.15, -0.1) is 0 Å². The van der Waals surface area contributed by atoms with Crippen LogP contribution in [0.4, 0.5) is 10.1 Å². The van der Waals surface area contributed by atoms with Gasteiger partial charge in [-0.3, -0.25) is 14.2 Å². The van der Waals surface area contributed by atoms with E-state index in [4.69, 9.17) is 9.40 Å². The predicted octanol–water partition coefficient (Wildman–Crippen LogP) is 5.62. The normalized spacial score (nSPS) is 11.3. The average molecular weight is 474 g/mol. The molecule has 3 aromatic carbocycles. The number of carbonyl (C=O) groups is 1. The molecule has 0 saturated carbocycles. The Morgan fingerprint density at radius 1 is 1.06 bits per heavy atom. The van der Waals surface area contributed by atoms with Gasteiger partial charge >= 0.3 is 5.56 Å². The third-order valence-corrected chi connectivity index (χ3v) is 6.60. The van der Waals surface area contributed by atoms with Crippen LogP contribution in [-0.2, 0) is 4.79 Å². The third-order valence-electron chi connectivity index (χ3n) is 5.66. The van der Waals surface area contributed by atoms with E-state index >= 15 is 0 Å². The van der Waals surface area contributed by atoms with Crippen molar-refractivity contribution in [3.8, 4) is 5.69 Å². The Labute approximate surface area is 198 Å². The van der Waals surface area contributed by atoms with E-state index < -0.39 is 11.4 Å². The van der Waals surface area contributed by atoms with E-state index in [9.17, 15) is 14.0 Å². The number of thioether (sulfide) groups is 1. The molecule has 0 radical (unpaired) electrons. The number of rotatable bonds is 5. The molecule has 2 heterocycles. The van der Waals surface area contributed by atoms with Crippen molar-refractivity contribution in [1.29, 1.82) is 0 Å². The second kappa shape index (κ2) is 8.79. The number of carbonyl (C=O) groups excluding carboxylic acids is 1. The molecule has 0 bridgehead atoms. The van der Waals surface area contributed by atoms with Crippen molar-refractivity contribution in [3.63, 3.8) is 0 Å². The van der Waals surface area contributed by atoms with Gasteiger partial charge in [0.1, 0.15) is 16.9 Å². The SMILES string of the molecule is Cc1cccc(NC(=O)CSc2nc3c(oc4ccccc43)c(=O)n2-c2ccc(F)cc2)c1C. The summed E-state index contributed by atoms with van der Waals surface area (Å²) in [5.74, 6) is -0.616. The summed E-state index contributed by atoms with van der Waals surface area (Å²) in [7, 11) is 0. The molecule has 0 atom stereocenters. The van der Waals surface area contributed by atoms with Crippen molar-refractivity contribution in [2.75, 3.05) is 11.1 Å². The van der Waals surface area contributed by atoms with Crippen LogP contribution in [0.25, 0.3) is 27.8 Å². The predicted molar refractivity (Wildman–Crippen MR) is 132 cm³/mol. The van der Waals surface area contributed by atoms with Gasteiger partial charge in [-0.05, 0) is 67.4 Å². The molecule has 8 heteroatoms. The van der Waals surface area contributed by atoms with Gasteiger partial charge in [0, 0.05) is 11.1 Å². The minimum absolute atomic E-state index is 0.0301. The fourth-order valence-electron chi connectivity index (χ4n) is 3.74. The first-order valence-electron chi connectivity index (χ1n) is 10.6. The Kier molecular flexibility index (Phi) is 5.67.